The SMILES string of the molecule is COC(=O)Cc1cc(-c2cn(C)nc2COCC(C)N(C)C(=O)c2cc(C)[nH]c2C=O)cc(C#N)c1[N+](=O)[O-]. The molecule has 1 aromatic carbocycles. The summed E-state index contributed by atoms with van der Waals surface area (Å²) in [4.78, 5) is 51.4. The number of rotatable bonds is 11. The molecule has 3 rings (SSSR count). The van der Waals surface area contributed by atoms with E-state index >= 15 is 0 Å². The van der Waals surface area contributed by atoms with Crippen LogP contribution in [0.5, 0.6) is 0 Å². The Morgan fingerprint density at radius 3 is 2.69 bits per heavy atom. The first-order valence-corrected chi connectivity index (χ1v) is 11.8. The third-order valence-corrected chi connectivity index (χ3v) is 6.18. The van der Waals surface area contributed by atoms with Gasteiger partial charge in [0.25, 0.3) is 11.6 Å². The Bertz CT molecular complexity index is 1470. The van der Waals surface area contributed by atoms with Crippen molar-refractivity contribution in [3.63, 3.8) is 0 Å². The second-order valence-corrected chi connectivity index (χ2v) is 8.99. The van der Waals surface area contributed by atoms with Gasteiger partial charge < -0.3 is 19.4 Å². The summed E-state index contributed by atoms with van der Waals surface area (Å²) in [5.41, 5.74) is 2.07. The predicted molar refractivity (Wildman–Crippen MR) is 138 cm³/mol. The average Bonchev–Trinajstić information content (AvgIpc) is 3.48. The lowest BCUT2D eigenvalue weighted by Crippen LogP contribution is -2.38. The second kappa shape index (κ2) is 12.1. The number of nitrogens with zero attached hydrogens (tertiary/aromatic N) is 5. The number of carbonyl (C=O) groups excluding carboxylic acids is 3. The van der Waals surface area contributed by atoms with Crippen molar-refractivity contribution >= 4 is 23.9 Å². The summed E-state index contributed by atoms with van der Waals surface area (Å²) in [5.74, 6) is -1.01. The highest BCUT2D eigenvalue weighted by molar-refractivity contribution is 6.01. The molecule has 0 aliphatic rings. The number of aryl methyl sites for hydroxylation is 2. The lowest BCUT2D eigenvalue weighted by atomic mass is 9.97. The van der Waals surface area contributed by atoms with Gasteiger partial charge in [-0.2, -0.15) is 10.4 Å². The lowest BCUT2D eigenvalue weighted by molar-refractivity contribution is -0.385. The first-order valence-electron chi connectivity index (χ1n) is 11.8. The summed E-state index contributed by atoms with van der Waals surface area (Å²) < 4.78 is 12.1. The molecule has 0 saturated heterocycles. The fraction of sp³-hybridized carbons (Fsp3) is 0.346. The lowest BCUT2D eigenvalue weighted by Gasteiger charge is -2.24. The molecule has 0 saturated carbocycles. The van der Waals surface area contributed by atoms with Crippen LogP contribution in [0.1, 0.15) is 50.3 Å². The summed E-state index contributed by atoms with van der Waals surface area (Å²) in [5, 5.41) is 25.6. The zero-order valence-electron chi connectivity index (χ0n) is 22.2. The molecule has 0 fully saturated rings. The Morgan fingerprint density at radius 2 is 2.08 bits per heavy atom. The molecule has 2 heterocycles. The Labute approximate surface area is 224 Å². The number of nitro benzene ring substituents is 1. The van der Waals surface area contributed by atoms with Crippen LogP contribution in [0.25, 0.3) is 11.1 Å². The van der Waals surface area contributed by atoms with Crippen molar-refractivity contribution < 1.29 is 28.8 Å². The number of ether oxygens (including phenoxy) is 2. The van der Waals surface area contributed by atoms with Crippen LogP contribution >= 0.6 is 0 Å². The maximum absolute atomic E-state index is 12.9. The van der Waals surface area contributed by atoms with E-state index in [9.17, 15) is 29.8 Å². The molecule has 13 heteroatoms. The molecule has 2 aromatic heterocycles. The van der Waals surface area contributed by atoms with Crippen LogP contribution in [0.3, 0.4) is 0 Å². The number of nitrogens with one attached hydrogen (secondary N) is 1. The average molecular weight is 537 g/mol. The zero-order valence-corrected chi connectivity index (χ0v) is 22.2. The van der Waals surface area contributed by atoms with E-state index in [1.807, 2.05) is 6.07 Å². The Hall–Kier alpha value is -4.83. The number of H-pyrrole nitrogens is 1. The molecule has 0 spiro atoms. The van der Waals surface area contributed by atoms with Crippen molar-refractivity contribution in [2.24, 2.45) is 7.05 Å². The van der Waals surface area contributed by atoms with Crippen LogP contribution in [0.2, 0.25) is 0 Å². The number of amides is 1. The minimum Gasteiger partial charge on any atom is -0.469 e. The molecule has 0 aliphatic carbocycles. The molecule has 0 bridgehead atoms. The zero-order chi connectivity index (χ0) is 28.9. The van der Waals surface area contributed by atoms with Crippen molar-refractivity contribution in [1.82, 2.24) is 19.7 Å². The number of aromatic nitrogens is 3. The van der Waals surface area contributed by atoms with E-state index in [0.717, 1.165) is 0 Å². The summed E-state index contributed by atoms with van der Waals surface area (Å²) in [6, 6.07) is 5.94. The van der Waals surface area contributed by atoms with Crippen LogP contribution in [0.4, 0.5) is 5.69 Å². The molecule has 3 aromatic rings. The third-order valence-electron chi connectivity index (χ3n) is 6.18. The van der Waals surface area contributed by atoms with Crippen molar-refractivity contribution in [3.8, 4) is 17.2 Å². The van der Waals surface area contributed by atoms with E-state index in [1.165, 1.54) is 28.8 Å². The quantitative estimate of drug-likeness (QED) is 0.167. The maximum Gasteiger partial charge on any atom is 0.310 e. The van der Waals surface area contributed by atoms with E-state index in [-0.39, 0.29) is 54.0 Å². The molecule has 13 nitrogen and oxygen atoms in total. The number of nitro groups is 1. The number of methoxy groups -OCH3 is 1. The highest BCUT2D eigenvalue weighted by Gasteiger charge is 2.26. The summed E-state index contributed by atoms with van der Waals surface area (Å²) in [6.07, 6.45) is 1.90. The minimum atomic E-state index is -0.695. The fourth-order valence-corrected chi connectivity index (χ4v) is 4.10. The molecule has 204 valence electrons. The van der Waals surface area contributed by atoms with Crippen LogP contribution in [0, 0.1) is 28.4 Å². The Kier molecular flexibility index (Phi) is 8.95. The van der Waals surface area contributed by atoms with Crippen molar-refractivity contribution in [1.29, 1.82) is 5.26 Å². The van der Waals surface area contributed by atoms with Gasteiger partial charge in [-0.25, -0.2) is 0 Å². The van der Waals surface area contributed by atoms with Gasteiger partial charge in [-0.05, 0) is 37.6 Å². The number of esters is 1. The number of aldehydes is 1. The fourth-order valence-electron chi connectivity index (χ4n) is 4.10. The van der Waals surface area contributed by atoms with Crippen LogP contribution in [-0.2, 0) is 34.3 Å². The van der Waals surface area contributed by atoms with Gasteiger partial charge in [-0.3, -0.25) is 29.2 Å². The van der Waals surface area contributed by atoms with Crippen molar-refractivity contribution in [2.75, 3.05) is 20.8 Å². The normalized spacial score (nSPS) is 11.5. The third kappa shape index (κ3) is 6.36. The van der Waals surface area contributed by atoms with Gasteiger partial charge in [-0.15, -0.1) is 0 Å². The van der Waals surface area contributed by atoms with Gasteiger partial charge in [0.05, 0.1) is 54.7 Å². The maximum atomic E-state index is 12.9. The van der Waals surface area contributed by atoms with E-state index < -0.39 is 16.6 Å². The van der Waals surface area contributed by atoms with Crippen LogP contribution in [-0.4, -0.2) is 69.6 Å². The molecule has 0 radical (unpaired) electrons. The van der Waals surface area contributed by atoms with Crippen molar-refractivity contribution in [2.45, 2.75) is 32.9 Å². The monoisotopic (exact) mass is 536 g/mol. The molecule has 1 amide bonds. The summed E-state index contributed by atoms with van der Waals surface area (Å²) in [7, 11) is 4.48. The number of hydrogen-bond donors (Lipinski definition) is 1. The molecule has 0 aliphatic heterocycles. The molecule has 1 N–H and O–H groups in total. The molecule has 1 unspecified atom stereocenters. The Balaban J connectivity index is 1.81. The van der Waals surface area contributed by atoms with E-state index in [4.69, 9.17) is 4.74 Å². The largest absolute Gasteiger partial charge is 0.469 e. The molecule has 1 atom stereocenters. The number of hydrogen-bond acceptors (Lipinski definition) is 9. The number of carbonyl (C=O) groups is 3. The van der Waals surface area contributed by atoms with Gasteiger partial charge in [0.2, 0.25) is 0 Å². The molecular weight excluding hydrogens is 508 g/mol. The first kappa shape index (κ1) is 28.7. The van der Waals surface area contributed by atoms with Gasteiger partial charge in [0, 0.05) is 37.1 Å². The number of nitriles is 1. The summed E-state index contributed by atoms with van der Waals surface area (Å²) in [6.45, 7) is 3.74. The second-order valence-electron chi connectivity index (χ2n) is 8.99. The predicted octanol–water partition coefficient (Wildman–Crippen LogP) is 2.71. The minimum absolute atomic E-state index is 0.0383. The van der Waals surface area contributed by atoms with E-state index in [1.54, 1.807) is 40.2 Å². The molecular formula is C26H28N6O7. The van der Waals surface area contributed by atoms with E-state index in [0.29, 0.717) is 28.8 Å². The van der Waals surface area contributed by atoms with Crippen molar-refractivity contribution in [3.05, 3.63) is 68.3 Å². The number of benzene rings is 1. The van der Waals surface area contributed by atoms with Crippen LogP contribution < -0.4 is 0 Å². The van der Waals surface area contributed by atoms with Crippen LogP contribution in [0.15, 0.2) is 24.4 Å². The standard InChI is InChI=1S/C26H28N6O7/c1-15-6-20(22(12-33)28-15)26(35)31(4)16(2)13-39-14-23-21(11-30(3)29-23)17-7-18(9-24(34)38-5)25(32(36)37)19(8-17)10-27/h6-8,11-12,16,28H,9,13-14H2,1-5H3. The number of likely N-dealkylation sites (N-methyl/N-ethyl adjacent to an activating group) is 1. The topological polar surface area (TPSA) is 173 Å². The Morgan fingerprint density at radius 1 is 1.36 bits per heavy atom. The van der Waals surface area contributed by atoms with Gasteiger partial charge >= 0.3 is 5.97 Å². The number of aromatic amines is 1. The molecule has 39 heavy (non-hydrogen) atoms. The van der Waals surface area contributed by atoms with Gasteiger partial charge in [0.15, 0.2) is 6.29 Å². The smallest absolute Gasteiger partial charge is 0.310 e. The van der Waals surface area contributed by atoms with Gasteiger partial charge in [0.1, 0.15) is 11.6 Å². The van der Waals surface area contributed by atoms with Gasteiger partial charge in [-0.1, -0.05) is 0 Å². The van der Waals surface area contributed by atoms with E-state index in [2.05, 4.69) is 14.8 Å². The highest BCUT2D eigenvalue weighted by atomic mass is 16.6. The first-order chi connectivity index (χ1) is 18.5. The highest BCUT2D eigenvalue weighted by Crippen LogP contribution is 2.33. The summed E-state index contributed by atoms with van der Waals surface area (Å²) >= 11 is 0.